The molecule has 0 amide bonds. The lowest BCUT2D eigenvalue weighted by Gasteiger charge is -2.19. The SMILES string of the molecule is O=C(O)CCC/C=C\C[C@@H]1[C@@H](/C=C/[C@H](O)COc2cccc(Cl)c2)[C@@H](O)C[C@@H]1O. The van der Waals surface area contributed by atoms with E-state index in [2.05, 4.69) is 0 Å². The number of unbranched alkanes of at least 4 members (excludes halogenated alkanes) is 1. The summed E-state index contributed by atoms with van der Waals surface area (Å²) < 4.78 is 5.51. The van der Waals surface area contributed by atoms with Crippen LogP contribution in [0.4, 0.5) is 0 Å². The maximum Gasteiger partial charge on any atom is 0.303 e. The zero-order chi connectivity index (χ0) is 21.2. The van der Waals surface area contributed by atoms with Gasteiger partial charge in [-0.05, 0) is 43.4 Å². The van der Waals surface area contributed by atoms with Crippen LogP contribution in [0.3, 0.4) is 0 Å². The number of allylic oxidation sites excluding steroid dienone is 2. The van der Waals surface area contributed by atoms with Gasteiger partial charge in [0.25, 0.3) is 0 Å². The number of carboxylic acids is 1. The van der Waals surface area contributed by atoms with Crippen LogP contribution in [0.2, 0.25) is 5.02 Å². The van der Waals surface area contributed by atoms with E-state index in [4.69, 9.17) is 21.4 Å². The molecule has 4 N–H and O–H groups in total. The number of ether oxygens (including phenoxy) is 1. The molecule has 1 aliphatic rings. The van der Waals surface area contributed by atoms with Crippen molar-refractivity contribution in [2.24, 2.45) is 11.8 Å². The van der Waals surface area contributed by atoms with Crippen molar-refractivity contribution in [1.29, 1.82) is 0 Å². The Morgan fingerprint density at radius 2 is 2.07 bits per heavy atom. The summed E-state index contributed by atoms with van der Waals surface area (Å²) in [6, 6.07) is 6.90. The summed E-state index contributed by atoms with van der Waals surface area (Å²) >= 11 is 5.90. The Morgan fingerprint density at radius 3 is 2.79 bits per heavy atom. The van der Waals surface area contributed by atoms with Gasteiger partial charge in [0.1, 0.15) is 18.5 Å². The largest absolute Gasteiger partial charge is 0.491 e. The molecule has 1 aromatic carbocycles. The quantitative estimate of drug-likeness (QED) is 0.321. The lowest BCUT2D eigenvalue weighted by molar-refractivity contribution is -0.137. The van der Waals surface area contributed by atoms with Gasteiger partial charge < -0.3 is 25.2 Å². The van der Waals surface area contributed by atoms with Crippen LogP contribution in [0.5, 0.6) is 5.75 Å². The van der Waals surface area contributed by atoms with Crippen LogP contribution in [-0.2, 0) is 4.79 Å². The molecule has 0 aromatic heterocycles. The molecule has 2 rings (SSSR count). The third-order valence-electron chi connectivity index (χ3n) is 5.02. The van der Waals surface area contributed by atoms with Gasteiger partial charge in [0.05, 0.1) is 12.2 Å². The first kappa shape index (κ1) is 23.4. The maximum absolute atomic E-state index is 10.5. The van der Waals surface area contributed by atoms with Crippen molar-refractivity contribution in [3.63, 3.8) is 0 Å². The van der Waals surface area contributed by atoms with Crippen molar-refractivity contribution in [2.45, 2.75) is 50.4 Å². The van der Waals surface area contributed by atoms with E-state index in [1.807, 2.05) is 12.2 Å². The van der Waals surface area contributed by atoms with Crippen LogP contribution < -0.4 is 4.74 Å². The molecule has 6 nitrogen and oxygen atoms in total. The zero-order valence-corrected chi connectivity index (χ0v) is 17.0. The number of aliphatic carboxylic acids is 1. The number of carboxylic acid groups (broad SMARTS) is 1. The molecular weight excluding hydrogens is 396 g/mol. The monoisotopic (exact) mass is 424 g/mol. The number of aliphatic hydroxyl groups excluding tert-OH is 3. The van der Waals surface area contributed by atoms with Crippen LogP contribution in [0.1, 0.15) is 32.1 Å². The lowest BCUT2D eigenvalue weighted by Crippen LogP contribution is -2.21. The first-order valence-electron chi connectivity index (χ1n) is 9.84. The van der Waals surface area contributed by atoms with Gasteiger partial charge in [0.2, 0.25) is 0 Å². The van der Waals surface area contributed by atoms with E-state index in [0.29, 0.717) is 36.5 Å². The van der Waals surface area contributed by atoms with Crippen molar-refractivity contribution in [2.75, 3.05) is 6.61 Å². The van der Waals surface area contributed by atoms with Crippen molar-refractivity contribution in [3.8, 4) is 5.75 Å². The average Bonchev–Trinajstić information content (AvgIpc) is 2.93. The van der Waals surface area contributed by atoms with Gasteiger partial charge in [0.15, 0.2) is 0 Å². The van der Waals surface area contributed by atoms with Crippen LogP contribution in [0.15, 0.2) is 48.6 Å². The maximum atomic E-state index is 10.5. The molecule has 1 aromatic rings. The minimum atomic E-state index is -0.855. The molecule has 1 saturated carbocycles. The van der Waals surface area contributed by atoms with Crippen molar-refractivity contribution >= 4 is 17.6 Å². The Labute approximate surface area is 176 Å². The minimum absolute atomic E-state index is 0.0519. The molecule has 0 aliphatic heterocycles. The molecular formula is C22H29ClO6. The molecule has 0 heterocycles. The molecule has 1 aliphatic carbocycles. The number of rotatable bonds is 11. The van der Waals surface area contributed by atoms with E-state index in [0.717, 1.165) is 0 Å². The second-order valence-electron chi connectivity index (χ2n) is 7.33. The molecule has 7 heteroatoms. The van der Waals surface area contributed by atoms with Crippen LogP contribution in [0.25, 0.3) is 0 Å². The van der Waals surface area contributed by atoms with Gasteiger partial charge >= 0.3 is 5.97 Å². The van der Waals surface area contributed by atoms with Crippen LogP contribution in [0, 0.1) is 11.8 Å². The number of aliphatic hydroxyl groups is 3. The number of hydrogen-bond acceptors (Lipinski definition) is 5. The van der Waals surface area contributed by atoms with Gasteiger partial charge in [-0.1, -0.05) is 42.0 Å². The second kappa shape index (κ2) is 12.0. The average molecular weight is 425 g/mol. The Balaban J connectivity index is 1.83. The summed E-state index contributed by atoms with van der Waals surface area (Å²) in [7, 11) is 0. The van der Waals surface area contributed by atoms with E-state index in [-0.39, 0.29) is 24.9 Å². The molecule has 160 valence electrons. The second-order valence-corrected chi connectivity index (χ2v) is 7.76. The summed E-state index contributed by atoms with van der Waals surface area (Å²) in [4.78, 5) is 10.5. The highest BCUT2D eigenvalue weighted by Gasteiger charge is 2.39. The molecule has 1 fully saturated rings. The number of carbonyl (C=O) groups is 1. The van der Waals surface area contributed by atoms with Crippen LogP contribution >= 0.6 is 11.6 Å². The van der Waals surface area contributed by atoms with Crippen molar-refractivity contribution in [3.05, 3.63) is 53.6 Å². The molecule has 0 unspecified atom stereocenters. The molecule has 5 atom stereocenters. The third kappa shape index (κ3) is 8.19. The smallest absolute Gasteiger partial charge is 0.303 e. The fourth-order valence-electron chi connectivity index (χ4n) is 3.50. The van der Waals surface area contributed by atoms with E-state index in [9.17, 15) is 20.1 Å². The fraction of sp³-hybridized carbons (Fsp3) is 0.500. The zero-order valence-electron chi connectivity index (χ0n) is 16.2. The highest BCUT2D eigenvalue weighted by molar-refractivity contribution is 6.30. The molecule has 0 radical (unpaired) electrons. The summed E-state index contributed by atoms with van der Waals surface area (Å²) in [5.41, 5.74) is 0. The minimum Gasteiger partial charge on any atom is -0.491 e. The highest BCUT2D eigenvalue weighted by atomic mass is 35.5. The lowest BCUT2D eigenvalue weighted by atomic mass is 9.89. The van der Waals surface area contributed by atoms with Crippen molar-refractivity contribution < 1.29 is 30.0 Å². The molecule has 0 spiro atoms. The Bertz CT molecular complexity index is 704. The Hall–Kier alpha value is -1.86. The topological polar surface area (TPSA) is 107 Å². The number of halogens is 1. The normalized spacial score (nSPS) is 25.7. The standard InChI is InChI=1S/C22H29ClO6/c23-15-6-5-7-17(12-15)29-14-16(24)10-11-19-18(20(25)13-21(19)26)8-3-1-2-4-9-22(27)28/h1,3,5-7,10-12,16,18-21,24-26H,2,4,8-9,13-14H2,(H,27,28)/b3-1-,11-10+/t16-,18+,19+,20-,21-/m0/s1. The molecule has 29 heavy (non-hydrogen) atoms. The summed E-state index contributed by atoms with van der Waals surface area (Å²) in [6.45, 7) is 0.0519. The summed E-state index contributed by atoms with van der Waals surface area (Å²) in [5, 5.41) is 39.8. The molecule has 0 bridgehead atoms. The van der Waals surface area contributed by atoms with Gasteiger partial charge in [-0.2, -0.15) is 0 Å². The van der Waals surface area contributed by atoms with Crippen molar-refractivity contribution in [1.82, 2.24) is 0 Å². The van der Waals surface area contributed by atoms with Crippen LogP contribution in [-0.4, -0.2) is 51.3 Å². The predicted molar refractivity (Wildman–Crippen MR) is 111 cm³/mol. The predicted octanol–water partition coefficient (Wildman–Crippen LogP) is 3.20. The van der Waals surface area contributed by atoms with Gasteiger partial charge in [-0.15, -0.1) is 0 Å². The fourth-order valence-corrected chi connectivity index (χ4v) is 3.68. The van der Waals surface area contributed by atoms with E-state index < -0.39 is 24.3 Å². The summed E-state index contributed by atoms with van der Waals surface area (Å²) in [6.07, 6.45) is 7.26. The number of hydrogen-bond donors (Lipinski definition) is 4. The Kier molecular flexibility index (Phi) is 9.67. The molecule has 0 saturated heterocycles. The third-order valence-corrected chi connectivity index (χ3v) is 5.26. The Morgan fingerprint density at radius 1 is 1.28 bits per heavy atom. The highest BCUT2D eigenvalue weighted by Crippen LogP contribution is 2.36. The summed E-state index contributed by atoms with van der Waals surface area (Å²) in [5.74, 6) is -0.671. The number of benzene rings is 1. The van der Waals surface area contributed by atoms with Gasteiger partial charge in [-0.3, -0.25) is 4.79 Å². The van der Waals surface area contributed by atoms with E-state index in [1.54, 1.807) is 36.4 Å². The first-order chi connectivity index (χ1) is 13.9. The first-order valence-corrected chi connectivity index (χ1v) is 10.2. The van der Waals surface area contributed by atoms with Gasteiger partial charge in [-0.25, -0.2) is 0 Å². The van der Waals surface area contributed by atoms with Gasteiger partial charge in [0, 0.05) is 23.8 Å². The van der Waals surface area contributed by atoms with E-state index >= 15 is 0 Å². The van der Waals surface area contributed by atoms with E-state index in [1.165, 1.54) is 0 Å².